The Morgan fingerprint density at radius 2 is 1.42 bits per heavy atom. The van der Waals surface area contributed by atoms with Crippen molar-refractivity contribution in [3.63, 3.8) is 0 Å². The maximum Gasteiger partial charge on any atom is 0.417 e. The molecule has 6 heteroatoms. The molecule has 0 radical (unpaired) electrons. The lowest BCUT2D eigenvalue weighted by molar-refractivity contribution is -0.137. The molecule has 0 fully saturated rings. The van der Waals surface area contributed by atoms with Crippen LogP contribution in [0.4, 0.5) is 17.6 Å². The summed E-state index contributed by atoms with van der Waals surface area (Å²) in [6.07, 6.45) is -4.65. The SMILES string of the molecule is O=C(O)c1ccccc1-c1cccc(C(F)(F)F)c1-c1ccc(F)cc1. The van der Waals surface area contributed by atoms with E-state index in [1.54, 1.807) is 6.07 Å². The zero-order chi connectivity index (χ0) is 18.9. The van der Waals surface area contributed by atoms with Crippen molar-refractivity contribution in [2.45, 2.75) is 6.18 Å². The van der Waals surface area contributed by atoms with E-state index in [1.165, 1.54) is 42.5 Å². The van der Waals surface area contributed by atoms with Crippen LogP contribution in [0.25, 0.3) is 22.3 Å². The zero-order valence-electron chi connectivity index (χ0n) is 13.2. The van der Waals surface area contributed by atoms with Gasteiger partial charge in [0, 0.05) is 5.56 Å². The van der Waals surface area contributed by atoms with E-state index in [-0.39, 0.29) is 27.8 Å². The van der Waals surface area contributed by atoms with Gasteiger partial charge in [-0.1, -0.05) is 42.5 Å². The third kappa shape index (κ3) is 3.31. The number of hydrogen-bond acceptors (Lipinski definition) is 1. The van der Waals surface area contributed by atoms with Crippen LogP contribution >= 0.6 is 0 Å². The molecule has 0 aromatic heterocycles. The summed E-state index contributed by atoms with van der Waals surface area (Å²) in [6.45, 7) is 0. The zero-order valence-corrected chi connectivity index (χ0v) is 13.2. The normalized spacial score (nSPS) is 11.4. The number of aromatic carboxylic acids is 1. The summed E-state index contributed by atoms with van der Waals surface area (Å²) in [4.78, 5) is 11.5. The van der Waals surface area contributed by atoms with Crippen LogP contribution in [-0.2, 0) is 6.18 Å². The first-order chi connectivity index (χ1) is 12.3. The molecular weight excluding hydrogens is 348 g/mol. The molecule has 0 spiro atoms. The van der Waals surface area contributed by atoms with Crippen LogP contribution in [0.1, 0.15) is 15.9 Å². The Morgan fingerprint density at radius 3 is 2.04 bits per heavy atom. The summed E-state index contributed by atoms with van der Waals surface area (Å²) >= 11 is 0. The quantitative estimate of drug-likeness (QED) is 0.593. The molecule has 3 aromatic carbocycles. The first-order valence-corrected chi connectivity index (χ1v) is 7.58. The maximum absolute atomic E-state index is 13.6. The Labute approximate surface area is 146 Å². The molecule has 0 amide bonds. The highest BCUT2D eigenvalue weighted by atomic mass is 19.4. The summed E-state index contributed by atoms with van der Waals surface area (Å²) in [7, 11) is 0. The fraction of sp³-hybridized carbons (Fsp3) is 0.0500. The number of carbonyl (C=O) groups is 1. The summed E-state index contributed by atoms with van der Waals surface area (Å²) in [5, 5.41) is 9.38. The van der Waals surface area contributed by atoms with Gasteiger partial charge in [-0.15, -0.1) is 0 Å². The molecule has 0 aliphatic rings. The van der Waals surface area contributed by atoms with E-state index in [1.807, 2.05) is 0 Å². The van der Waals surface area contributed by atoms with Gasteiger partial charge in [-0.05, 0) is 41.0 Å². The predicted molar refractivity (Wildman–Crippen MR) is 89.2 cm³/mol. The maximum atomic E-state index is 13.6. The van der Waals surface area contributed by atoms with E-state index in [0.29, 0.717) is 0 Å². The molecule has 3 aromatic rings. The molecule has 0 unspecified atom stereocenters. The molecule has 0 aliphatic carbocycles. The van der Waals surface area contributed by atoms with Crippen LogP contribution in [0, 0.1) is 5.82 Å². The average molecular weight is 360 g/mol. The highest BCUT2D eigenvalue weighted by Gasteiger charge is 2.35. The number of carboxylic acids is 1. The Morgan fingerprint density at radius 1 is 0.808 bits per heavy atom. The lowest BCUT2D eigenvalue weighted by atomic mass is 9.88. The standard InChI is InChI=1S/C20H12F4O2/c21-13-10-8-12(9-11-13)18-15(6-3-7-17(18)20(22,23)24)14-4-1-2-5-16(14)19(25)26/h1-11H,(H,25,26). The van der Waals surface area contributed by atoms with Crippen molar-refractivity contribution in [2.24, 2.45) is 0 Å². The molecule has 0 saturated heterocycles. The minimum Gasteiger partial charge on any atom is -0.478 e. The number of benzene rings is 3. The largest absolute Gasteiger partial charge is 0.478 e. The molecule has 0 heterocycles. The van der Waals surface area contributed by atoms with Crippen LogP contribution < -0.4 is 0 Å². The number of hydrogen-bond donors (Lipinski definition) is 1. The summed E-state index contributed by atoms with van der Waals surface area (Å²) in [5.74, 6) is -1.83. The third-order valence-electron chi connectivity index (χ3n) is 3.95. The smallest absolute Gasteiger partial charge is 0.417 e. The van der Waals surface area contributed by atoms with Gasteiger partial charge in [-0.2, -0.15) is 13.2 Å². The highest BCUT2D eigenvalue weighted by molar-refractivity contribution is 5.99. The van der Waals surface area contributed by atoms with E-state index in [0.717, 1.165) is 18.2 Å². The molecule has 26 heavy (non-hydrogen) atoms. The van der Waals surface area contributed by atoms with Crippen molar-refractivity contribution >= 4 is 5.97 Å². The number of alkyl halides is 3. The Hall–Kier alpha value is -3.15. The van der Waals surface area contributed by atoms with Crippen molar-refractivity contribution in [3.8, 4) is 22.3 Å². The van der Waals surface area contributed by atoms with Gasteiger partial charge in [0.25, 0.3) is 0 Å². The van der Waals surface area contributed by atoms with Gasteiger partial charge in [-0.3, -0.25) is 0 Å². The predicted octanol–water partition coefficient (Wildman–Crippen LogP) is 5.88. The van der Waals surface area contributed by atoms with E-state index in [4.69, 9.17) is 0 Å². The fourth-order valence-corrected chi connectivity index (χ4v) is 2.85. The van der Waals surface area contributed by atoms with Crippen LogP contribution in [-0.4, -0.2) is 11.1 Å². The van der Waals surface area contributed by atoms with E-state index < -0.39 is 23.5 Å². The van der Waals surface area contributed by atoms with Crippen molar-refractivity contribution in [1.82, 2.24) is 0 Å². The molecular formula is C20H12F4O2. The van der Waals surface area contributed by atoms with Gasteiger partial charge in [-0.25, -0.2) is 9.18 Å². The minimum atomic E-state index is -4.65. The van der Waals surface area contributed by atoms with E-state index in [2.05, 4.69) is 0 Å². The number of rotatable bonds is 3. The van der Waals surface area contributed by atoms with Crippen molar-refractivity contribution in [2.75, 3.05) is 0 Å². The molecule has 0 saturated carbocycles. The first kappa shape index (κ1) is 17.7. The minimum absolute atomic E-state index is 0.115. The van der Waals surface area contributed by atoms with Gasteiger partial charge in [0.2, 0.25) is 0 Å². The molecule has 0 bridgehead atoms. The van der Waals surface area contributed by atoms with Crippen LogP contribution in [0.2, 0.25) is 0 Å². The lowest BCUT2D eigenvalue weighted by Crippen LogP contribution is -2.09. The second-order valence-corrected chi connectivity index (χ2v) is 5.58. The topological polar surface area (TPSA) is 37.3 Å². The van der Waals surface area contributed by atoms with E-state index in [9.17, 15) is 27.5 Å². The highest BCUT2D eigenvalue weighted by Crippen LogP contribution is 2.43. The Bertz CT molecular complexity index is 960. The van der Waals surface area contributed by atoms with Crippen molar-refractivity contribution in [1.29, 1.82) is 0 Å². The monoisotopic (exact) mass is 360 g/mol. The third-order valence-corrected chi connectivity index (χ3v) is 3.95. The molecule has 2 nitrogen and oxygen atoms in total. The summed E-state index contributed by atoms with van der Waals surface area (Å²) < 4.78 is 54.0. The number of carboxylic acid groups (broad SMARTS) is 1. The summed E-state index contributed by atoms with van der Waals surface area (Å²) in [5.41, 5.74) is -0.796. The van der Waals surface area contributed by atoms with Crippen molar-refractivity contribution < 1.29 is 27.5 Å². The lowest BCUT2D eigenvalue weighted by Gasteiger charge is -2.18. The van der Waals surface area contributed by atoms with Gasteiger partial charge in [0.1, 0.15) is 5.82 Å². The second-order valence-electron chi connectivity index (χ2n) is 5.58. The summed E-state index contributed by atoms with van der Waals surface area (Å²) in [6, 6.07) is 14.0. The Kier molecular flexibility index (Phi) is 4.50. The van der Waals surface area contributed by atoms with Gasteiger partial charge < -0.3 is 5.11 Å². The molecule has 0 atom stereocenters. The van der Waals surface area contributed by atoms with Gasteiger partial charge in [0.15, 0.2) is 0 Å². The molecule has 3 rings (SSSR count). The van der Waals surface area contributed by atoms with Crippen LogP contribution in [0.3, 0.4) is 0 Å². The number of halogens is 4. The first-order valence-electron chi connectivity index (χ1n) is 7.58. The molecule has 132 valence electrons. The average Bonchev–Trinajstić information content (AvgIpc) is 2.61. The molecule has 1 N–H and O–H groups in total. The van der Waals surface area contributed by atoms with Gasteiger partial charge >= 0.3 is 12.1 Å². The van der Waals surface area contributed by atoms with E-state index >= 15 is 0 Å². The Balaban J connectivity index is 2.37. The second kappa shape index (κ2) is 6.63. The van der Waals surface area contributed by atoms with Gasteiger partial charge in [0.05, 0.1) is 11.1 Å². The molecule has 0 aliphatic heterocycles. The fourth-order valence-electron chi connectivity index (χ4n) is 2.85. The van der Waals surface area contributed by atoms with Crippen LogP contribution in [0.15, 0.2) is 66.7 Å². The van der Waals surface area contributed by atoms with Crippen LogP contribution in [0.5, 0.6) is 0 Å². The van der Waals surface area contributed by atoms with Crippen molar-refractivity contribution in [3.05, 3.63) is 83.7 Å².